The monoisotopic (exact) mass is 329 g/mol. The molecule has 2 aliphatic heterocycles. The van der Waals surface area contributed by atoms with Crippen LogP contribution < -0.4 is 4.90 Å². The molecule has 1 N–H and O–H groups in total. The van der Waals surface area contributed by atoms with Crippen molar-refractivity contribution < 1.29 is 9.69 Å². The van der Waals surface area contributed by atoms with Gasteiger partial charge in [-0.05, 0) is 32.4 Å². The minimum Gasteiger partial charge on any atom is -0.335 e. The van der Waals surface area contributed by atoms with Gasteiger partial charge in [0.15, 0.2) is 0 Å². The number of carbonyl (C=O) groups is 1. The number of piperidine rings is 1. The van der Waals surface area contributed by atoms with Crippen LogP contribution in [0.15, 0.2) is 18.2 Å². The average Bonchev–Trinajstić information content (AvgIpc) is 2.75. The van der Waals surface area contributed by atoms with Gasteiger partial charge in [0.05, 0.1) is 19.1 Å². The maximum atomic E-state index is 13.3. The second kappa shape index (κ2) is 7.26. The number of hydrogen-bond donors (Lipinski definition) is 1. The Balaban J connectivity index is 1.82. The van der Waals surface area contributed by atoms with Crippen LogP contribution in [0.3, 0.4) is 0 Å². The molecule has 2 heterocycles. The van der Waals surface area contributed by atoms with Crippen LogP contribution in [0.25, 0.3) is 0 Å². The van der Waals surface area contributed by atoms with Gasteiger partial charge in [0.1, 0.15) is 0 Å². The summed E-state index contributed by atoms with van der Waals surface area (Å²) in [6.45, 7) is 7.28. The number of nitrogens with zero attached hydrogens (tertiary/aromatic N) is 1. The van der Waals surface area contributed by atoms with E-state index in [1.807, 2.05) is 0 Å². The maximum Gasteiger partial charge on any atom is 0.254 e. The minimum atomic E-state index is 0.249. The first-order chi connectivity index (χ1) is 11.5. The highest BCUT2D eigenvalue weighted by atomic mass is 16.2. The Kier molecular flexibility index (Phi) is 5.29. The SMILES string of the molecule is CCCCN(C(=O)c1cc(C)cc(C)c1)C1C[C@H]2CC[C@@H](C1)[NH+]2C. The van der Waals surface area contributed by atoms with Crippen LogP contribution in [-0.4, -0.2) is 42.5 Å². The lowest BCUT2D eigenvalue weighted by Gasteiger charge is -2.40. The van der Waals surface area contributed by atoms with Crippen molar-refractivity contribution in [3.8, 4) is 0 Å². The van der Waals surface area contributed by atoms with Crippen molar-refractivity contribution in [1.29, 1.82) is 0 Å². The molecule has 132 valence electrons. The fourth-order valence-corrected chi connectivity index (χ4v) is 4.85. The molecule has 0 aromatic heterocycles. The summed E-state index contributed by atoms with van der Waals surface area (Å²) in [7, 11) is 2.35. The third-order valence-electron chi connectivity index (χ3n) is 6.19. The van der Waals surface area contributed by atoms with Gasteiger partial charge in [0.2, 0.25) is 0 Å². The molecule has 4 atom stereocenters. The van der Waals surface area contributed by atoms with Crippen LogP contribution in [0.5, 0.6) is 0 Å². The Morgan fingerprint density at radius 3 is 2.25 bits per heavy atom. The molecule has 3 nitrogen and oxygen atoms in total. The van der Waals surface area contributed by atoms with E-state index in [0.29, 0.717) is 6.04 Å². The lowest BCUT2D eigenvalue weighted by atomic mass is 9.95. The summed E-state index contributed by atoms with van der Waals surface area (Å²) in [4.78, 5) is 17.2. The van der Waals surface area contributed by atoms with Gasteiger partial charge in [-0.2, -0.15) is 0 Å². The molecule has 1 aromatic carbocycles. The van der Waals surface area contributed by atoms with Crippen LogP contribution in [0, 0.1) is 13.8 Å². The zero-order valence-corrected chi connectivity index (χ0v) is 15.8. The third-order valence-corrected chi connectivity index (χ3v) is 6.19. The molecule has 0 saturated carbocycles. The molecule has 2 unspecified atom stereocenters. The molecule has 0 radical (unpaired) electrons. The molecule has 0 spiro atoms. The summed E-state index contributed by atoms with van der Waals surface area (Å²) in [5.74, 6) is 0.249. The molecule has 0 aliphatic carbocycles. The lowest BCUT2D eigenvalue weighted by molar-refractivity contribution is -0.922. The summed E-state index contributed by atoms with van der Waals surface area (Å²) in [5, 5.41) is 0. The van der Waals surface area contributed by atoms with Crippen molar-refractivity contribution in [3.05, 3.63) is 34.9 Å². The number of benzene rings is 1. The first-order valence-electron chi connectivity index (χ1n) is 9.72. The minimum absolute atomic E-state index is 0.249. The van der Waals surface area contributed by atoms with E-state index in [4.69, 9.17) is 0 Å². The molecule has 2 saturated heterocycles. The molecule has 3 rings (SSSR count). The van der Waals surface area contributed by atoms with E-state index in [1.54, 1.807) is 4.90 Å². The second-order valence-corrected chi connectivity index (χ2v) is 8.07. The van der Waals surface area contributed by atoms with E-state index < -0.39 is 0 Å². The van der Waals surface area contributed by atoms with Gasteiger partial charge in [0.25, 0.3) is 5.91 Å². The normalized spacial score (nSPS) is 28.8. The van der Waals surface area contributed by atoms with Crippen molar-refractivity contribution >= 4 is 5.91 Å². The topological polar surface area (TPSA) is 24.8 Å². The molecule has 1 amide bonds. The van der Waals surface area contributed by atoms with Gasteiger partial charge < -0.3 is 9.80 Å². The zero-order chi connectivity index (χ0) is 17.3. The highest BCUT2D eigenvalue weighted by Gasteiger charge is 2.44. The number of quaternary nitrogens is 1. The molecule has 2 fully saturated rings. The number of carbonyl (C=O) groups excluding carboxylic acids is 1. The van der Waals surface area contributed by atoms with E-state index >= 15 is 0 Å². The van der Waals surface area contributed by atoms with Crippen molar-refractivity contribution in [1.82, 2.24) is 4.90 Å². The van der Waals surface area contributed by atoms with Crippen molar-refractivity contribution in [2.45, 2.75) is 77.4 Å². The van der Waals surface area contributed by atoms with E-state index in [2.05, 4.69) is 50.9 Å². The molecule has 24 heavy (non-hydrogen) atoms. The van der Waals surface area contributed by atoms with Gasteiger partial charge >= 0.3 is 0 Å². The first kappa shape index (κ1) is 17.5. The van der Waals surface area contributed by atoms with E-state index in [9.17, 15) is 4.79 Å². The molecule has 3 heteroatoms. The molecule has 2 aliphatic rings. The van der Waals surface area contributed by atoms with Crippen LogP contribution >= 0.6 is 0 Å². The van der Waals surface area contributed by atoms with Gasteiger partial charge in [-0.3, -0.25) is 4.79 Å². The Morgan fingerprint density at radius 2 is 1.71 bits per heavy atom. The highest BCUT2D eigenvalue weighted by molar-refractivity contribution is 5.94. The van der Waals surface area contributed by atoms with E-state index in [0.717, 1.165) is 37.0 Å². The maximum absolute atomic E-state index is 13.3. The quantitative estimate of drug-likeness (QED) is 0.883. The lowest BCUT2D eigenvalue weighted by Crippen LogP contribution is -3.15. The summed E-state index contributed by atoms with van der Waals surface area (Å²) >= 11 is 0. The smallest absolute Gasteiger partial charge is 0.254 e. The summed E-state index contributed by atoms with van der Waals surface area (Å²) in [6.07, 6.45) is 7.29. The van der Waals surface area contributed by atoms with Crippen molar-refractivity contribution in [3.63, 3.8) is 0 Å². The Morgan fingerprint density at radius 1 is 1.12 bits per heavy atom. The van der Waals surface area contributed by atoms with Crippen molar-refractivity contribution in [2.24, 2.45) is 0 Å². The number of unbranched alkanes of at least 4 members (excludes halogenated alkanes) is 1. The van der Waals surface area contributed by atoms with E-state index in [1.165, 1.54) is 36.8 Å². The van der Waals surface area contributed by atoms with Gasteiger partial charge in [-0.15, -0.1) is 0 Å². The van der Waals surface area contributed by atoms with Gasteiger partial charge in [-0.25, -0.2) is 0 Å². The number of nitrogens with one attached hydrogen (secondary N) is 1. The largest absolute Gasteiger partial charge is 0.335 e. The number of aryl methyl sites for hydroxylation is 2. The summed E-state index contributed by atoms with van der Waals surface area (Å²) in [6, 6.07) is 8.21. The number of amides is 1. The Hall–Kier alpha value is -1.35. The molecule has 1 aromatic rings. The fraction of sp³-hybridized carbons (Fsp3) is 0.667. The fourth-order valence-electron chi connectivity index (χ4n) is 4.85. The first-order valence-corrected chi connectivity index (χ1v) is 9.72. The van der Waals surface area contributed by atoms with Crippen LogP contribution in [0.1, 0.15) is 66.9 Å². The predicted octanol–water partition coefficient (Wildman–Crippen LogP) is 2.75. The number of fused-ring (bicyclic) bond motifs is 2. The van der Waals surface area contributed by atoms with Crippen molar-refractivity contribution in [2.75, 3.05) is 13.6 Å². The van der Waals surface area contributed by atoms with Gasteiger partial charge in [-0.1, -0.05) is 30.5 Å². The van der Waals surface area contributed by atoms with Crippen LogP contribution in [0.2, 0.25) is 0 Å². The molecular weight excluding hydrogens is 296 g/mol. The summed E-state index contributed by atoms with van der Waals surface area (Å²) < 4.78 is 0. The van der Waals surface area contributed by atoms with Crippen LogP contribution in [-0.2, 0) is 0 Å². The van der Waals surface area contributed by atoms with E-state index in [-0.39, 0.29) is 5.91 Å². The zero-order valence-electron chi connectivity index (χ0n) is 15.8. The number of hydrogen-bond acceptors (Lipinski definition) is 1. The summed E-state index contributed by atoms with van der Waals surface area (Å²) in [5.41, 5.74) is 3.24. The Labute approximate surface area is 147 Å². The third kappa shape index (κ3) is 3.51. The molecule has 2 bridgehead atoms. The van der Waals surface area contributed by atoms with Gasteiger partial charge in [0, 0.05) is 43.8 Å². The Bertz CT molecular complexity index is 563. The standard InChI is InChI=1S/C21H32N2O/c1-5-6-9-23(20-13-18-7-8-19(14-20)22(18)4)21(24)17-11-15(2)10-16(3)12-17/h10-12,18-20H,5-9,13-14H2,1-4H3/p+1/t18-,19+,20?. The second-order valence-electron chi connectivity index (χ2n) is 8.07. The van der Waals surface area contributed by atoms with Crippen LogP contribution in [0.4, 0.5) is 0 Å². The number of rotatable bonds is 5. The average molecular weight is 330 g/mol. The predicted molar refractivity (Wildman–Crippen MR) is 98.6 cm³/mol. The highest BCUT2D eigenvalue weighted by Crippen LogP contribution is 2.27. The molecular formula is C21H33N2O+.